The summed E-state index contributed by atoms with van der Waals surface area (Å²) in [6.45, 7) is 13.7. The summed E-state index contributed by atoms with van der Waals surface area (Å²) in [4.78, 5) is 0. The molecule has 32 heavy (non-hydrogen) atoms. The topological polar surface area (TPSA) is 47.3 Å². The van der Waals surface area contributed by atoms with Crippen LogP contribution in [-0.2, 0) is 4.74 Å². The number of hydrogen-bond acceptors (Lipinski definition) is 3. The largest absolute Gasteiger partial charge is 0.498 e. The smallest absolute Gasteiger partial charge is 0.0991 e. The molecule has 1 aromatic rings. The van der Waals surface area contributed by atoms with Crippen molar-refractivity contribution >= 4 is 17.0 Å². The summed E-state index contributed by atoms with van der Waals surface area (Å²) >= 11 is 0. The van der Waals surface area contributed by atoms with Gasteiger partial charge >= 0.3 is 0 Å². The molecule has 0 saturated carbocycles. The Hall–Kier alpha value is -2.68. The van der Waals surface area contributed by atoms with E-state index < -0.39 is 0 Å². The highest BCUT2D eigenvalue weighted by Crippen LogP contribution is 2.42. The van der Waals surface area contributed by atoms with Crippen molar-refractivity contribution in [3.8, 4) is 0 Å². The molecule has 0 bridgehead atoms. The van der Waals surface area contributed by atoms with E-state index in [-0.39, 0.29) is 0 Å². The minimum Gasteiger partial charge on any atom is -0.498 e. The van der Waals surface area contributed by atoms with Crippen molar-refractivity contribution in [1.29, 1.82) is 0 Å². The second-order valence-electron chi connectivity index (χ2n) is 8.92. The zero-order valence-corrected chi connectivity index (χ0v) is 20.4. The van der Waals surface area contributed by atoms with Crippen LogP contribution in [0.3, 0.4) is 0 Å². The van der Waals surface area contributed by atoms with Crippen LogP contribution in [0, 0.1) is 6.92 Å². The van der Waals surface area contributed by atoms with E-state index in [0.717, 1.165) is 68.5 Å². The maximum Gasteiger partial charge on any atom is 0.0991 e. The SMILES string of the molecule is C=CNc1c(/C(N)=C\CC)c(C)cc(C2=C\C3=C(CCC/C=C\2)OCCC3)c1C(C)CC. The highest BCUT2D eigenvalue weighted by Gasteiger charge is 2.23. The Balaban J connectivity index is 2.32. The summed E-state index contributed by atoms with van der Waals surface area (Å²) in [5, 5.41) is 3.47. The van der Waals surface area contributed by atoms with Crippen molar-refractivity contribution in [1.82, 2.24) is 0 Å². The molecule has 1 aromatic carbocycles. The Morgan fingerprint density at radius 2 is 2.09 bits per heavy atom. The molecular weight excluding hydrogens is 392 g/mol. The zero-order chi connectivity index (χ0) is 23.1. The number of hydrogen-bond donors (Lipinski definition) is 2. The lowest BCUT2D eigenvalue weighted by Crippen LogP contribution is -2.11. The number of nitrogens with two attached hydrogens (primary N) is 1. The summed E-state index contributed by atoms with van der Waals surface area (Å²) in [5.74, 6) is 1.56. The first-order valence-electron chi connectivity index (χ1n) is 12.3. The van der Waals surface area contributed by atoms with Crippen LogP contribution in [0.2, 0.25) is 0 Å². The van der Waals surface area contributed by atoms with E-state index in [1.54, 1.807) is 6.20 Å². The highest BCUT2D eigenvalue weighted by atomic mass is 16.5. The third kappa shape index (κ3) is 5.20. The second kappa shape index (κ2) is 11.3. The normalized spacial score (nSPS) is 20.6. The molecule has 0 amide bonds. The Morgan fingerprint density at radius 1 is 1.28 bits per heavy atom. The Morgan fingerprint density at radius 3 is 2.81 bits per heavy atom. The van der Waals surface area contributed by atoms with Crippen LogP contribution in [0.1, 0.15) is 93.9 Å². The van der Waals surface area contributed by atoms with Crippen LogP contribution >= 0.6 is 0 Å². The van der Waals surface area contributed by atoms with Crippen LogP contribution in [-0.4, -0.2) is 6.61 Å². The van der Waals surface area contributed by atoms with Crippen LogP contribution in [0.25, 0.3) is 11.3 Å². The molecule has 3 heteroatoms. The number of ether oxygens (including phenoxy) is 1. The standard InChI is InChI=1S/C29H40N2O/c1-6-13-25(30)28-21(5)18-24(27(20(4)7-2)29(28)31-8-3)22-14-10-9-11-16-26-23(19-22)15-12-17-32-26/h8,10,13-14,18-20,31H,3,6-7,9,11-12,15-17,30H2,1-2,4-5H3/b14-10-,22-19-,25-13+. The zero-order valence-electron chi connectivity index (χ0n) is 20.4. The molecule has 1 aliphatic heterocycles. The third-order valence-electron chi connectivity index (χ3n) is 6.57. The van der Waals surface area contributed by atoms with E-state index >= 15 is 0 Å². The van der Waals surface area contributed by atoms with Gasteiger partial charge in [0.2, 0.25) is 0 Å². The molecule has 1 aliphatic carbocycles. The quantitative estimate of drug-likeness (QED) is 0.459. The van der Waals surface area contributed by atoms with Crippen molar-refractivity contribution in [3.05, 3.63) is 76.7 Å². The van der Waals surface area contributed by atoms with E-state index in [1.807, 2.05) is 0 Å². The van der Waals surface area contributed by atoms with Gasteiger partial charge in [-0.05, 0) is 91.5 Å². The van der Waals surface area contributed by atoms with Crippen LogP contribution < -0.4 is 11.1 Å². The van der Waals surface area contributed by atoms with Gasteiger partial charge in [-0.15, -0.1) is 0 Å². The number of rotatable bonds is 7. The minimum atomic E-state index is 0.374. The van der Waals surface area contributed by atoms with Crippen LogP contribution in [0.5, 0.6) is 0 Å². The molecule has 0 radical (unpaired) electrons. The summed E-state index contributed by atoms with van der Waals surface area (Å²) in [6.07, 6.45) is 18.2. The third-order valence-corrected chi connectivity index (χ3v) is 6.57. The molecule has 3 rings (SSSR count). The Labute approximate surface area is 194 Å². The summed E-state index contributed by atoms with van der Waals surface area (Å²) in [7, 11) is 0. The average molecular weight is 433 g/mol. The lowest BCUT2D eigenvalue weighted by Gasteiger charge is -2.26. The molecule has 2 aliphatic rings. The van der Waals surface area contributed by atoms with Crippen molar-refractivity contribution in [2.45, 2.75) is 78.6 Å². The molecule has 1 heterocycles. The molecule has 1 atom stereocenters. The van der Waals surface area contributed by atoms with Gasteiger partial charge in [0.1, 0.15) is 0 Å². The van der Waals surface area contributed by atoms with Gasteiger partial charge in [0.05, 0.1) is 18.1 Å². The monoisotopic (exact) mass is 432 g/mol. The van der Waals surface area contributed by atoms with Crippen LogP contribution in [0.15, 0.2) is 54.5 Å². The Bertz CT molecular complexity index is 962. The number of benzene rings is 1. The van der Waals surface area contributed by atoms with Gasteiger partial charge in [0.15, 0.2) is 0 Å². The number of allylic oxidation sites excluding steroid dienone is 7. The molecular formula is C29H40N2O. The minimum absolute atomic E-state index is 0.374. The van der Waals surface area contributed by atoms with E-state index in [2.05, 4.69) is 70.0 Å². The van der Waals surface area contributed by atoms with Crippen molar-refractivity contribution in [2.24, 2.45) is 5.73 Å². The summed E-state index contributed by atoms with van der Waals surface area (Å²) in [6, 6.07) is 2.33. The van der Waals surface area contributed by atoms with E-state index in [0.29, 0.717) is 5.92 Å². The second-order valence-corrected chi connectivity index (χ2v) is 8.92. The number of nitrogens with one attached hydrogen (secondary N) is 1. The van der Waals surface area contributed by atoms with Gasteiger partial charge in [-0.2, -0.15) is 0 Å². The Kier molecular flexibility index (Phi) is 8.44. The van der Waals surface area contributed by atoms with E-state index in [4.69, 9.17) is 10.5 Å². The summed E-state index contributed by atoms with van der Waals surface area (Å²) < 4.78 is 6.08. The van der Waals surface area contributed by atoms with Gasteiger partial charge in [-0.1, -0.05) is 51.6 Å². The highest BCUT2D eigenvalue weighted by molar-refractivity contribution is 5.88. The summed E-state index contributed by atoms with van der Waals surface area (Å²) in [5.41, 5.74) is 16.0. The maximum atomic E-state index is 6.56. The molecule has 0 aromatic heterocycles. The first-order valence-corrected chi connectivity index (χ1v) is 12.3. The van der Waals surface area contributed by atoms with Gasteiger partial charge < -0.3 is 15.8 Å². The fourth-order valence-corrected chi connectivity index (χ4v) is 4.80. The van der Waals surface area contributed by atoms with Gasteiger partial charge in [0, 0.05) is 17.7 Å². The van der Waals surface area contributed by atoms with Gasteiger partial charge in [0.25, 0.3) is 0 Å². The van der Waals surface area contributed by atoms with Gasteiger partial charge in [-0.25, -0.2) is 0 Å². The fourth-order valence-electron chi connectivity index (χ4n) is 4.80. The average Bonchev–Trinajstić information content (AvgIpc) is 2.88. The number of aryl methyl sites for hydroxylation is 1. The van der Waals surface area contributed by atoms with Crippen molar-refractivity contribution in [2.75, 3.05) is 11.9 Å². The molecule has 3 N–H and O–H groups in total. The first kappa shape index (κ1) is 24.0. The van der Waals surface area contributed by atoms with Crippen LogP contribution in [0.4, 0.5) is 5.69 Å². The molecule has 0 fully saturated rings. The predicted molar refractivity (Wildman–Crippen MR) is 139 cm³/mol. The molecule has 0 spiro atoms. The van der Waals surface area contributed by atoms with E-state index in [1.165, 1.54) is 33.6 Å². The van der Waals surface area contributed by atoms with Crippen molar-refractivity contribution < 1.29 is 4.74 Å². The fraction of sp³-hybridized carbons (Fsp3) is 0.448. The number of anilines is 1. The molecule has 1 unspecified atom stereocenters. The lowest BCUT2D eigenvalue weighted by atomic mass is 9.83. The van der Waals surface area contributed by atoms with E-state index in [9.17, 15) is 0 Å². The van der Waals surface area contributed by atoms with Gasteiger partial charge in [-0.3, -0.25) is 0 Å². The molecule has 0 saturated heterocycles. The van der Waals surface area contributed by atoms with Crippen molar-refractivity contribution in [3.63, 3.8) is 0 Å². The first-order chi connectivity index (χ1) is 15.5. The molecule has 3 nitrogen and oxygen atoms in total. The maximum absolute atomic E-state index is 6.56. The predicted octanol–water partition coefficient (Wildman–Crippen LogP) is 7.96. The lowest BCUT2D eigenvalue weighted by molar-refractivity contribution is 0.178. The molecule has 172 valence electrons.